The lowest BCUT2D eigenvalue weighted by molar-refractivity contribution is -0.156. The maximum absolute atomic E-state index is 10.8. The SMILES string of the molecule is COCC(O)C(OC)C(OC)C(C=O)OC. The fourth-order valence-electron chi connectivity index (χ4n) is 1.50. The molecular formula is C10H20O6. The van der Waals surface area contributed by atoms with Gasteiger partial charge in [-0.05, 0) is 0 Å². The monoisotopic (exact) mass is 236 g/mol. The second-order valence-electron chi connectivity index (χ2n) is 3.26. The molecule has 96 valence electrons. The van der Waals surface area contributed by atoms with Crippen molar-refractivity contribution in [1.82, 2.24) is 0 Å². The van der Waals surface area contributed by atoms with E-state index < -0.39 is 24.4 Å². The molecule has 0 aromatic carbocycles. The summed E-state index contributed by atoms with van der Waals surface area (Å²) in [4.78, 5) is 10.8. The summed E-state index contributed by atoms with van der Waals surface area (Å²) in [6, 6.07) is 0. The number of hydrogen-bond acceptors (Lipinski definition) is 6. The first-order chi connectivity index (χ1) is 7.65. The average Bonchev–Trinajstić information content (AvgIpc) is 2.29. The summed E-state index contributed by atoms with van der Waals surface area (Å²) >= 11 is 0. The number of aliphatic hydroxyl groups is 1. The molecule has 0 bridgehead atoms. The van der Waals surface area contributed by atoms with Crippen LogP contribution in [0.2, 0.25) is 0 Å². The third-order valence-corrected chi connectivity index (χ3v) is 2.31. The molecule has 0 saturated carbocycles. The van der Waals surface area contributed by atoms with Crippen molar-refractivity contribution >= 4 is 6.29 Å². The molecule has 0 amide bonds. The molecule has 0 spiro atoms. The molecule has 0 radical (unpaired) electrons. The highest BCUT2D eigenvalue weighted by Gasteiger charge is 2.34. The summed E-state index contributed by atoms with van der Waals surface area (Å²) in [5.74, 6) is 0. The largest absolute Gasteiger partial charge is 0.388 e. The predicted octanol–water partition coefficient (Wildman–Crippen LogP) is -0.762. The minimum atomic E-state index is -0.891. The van der Waals surface area contributed by atoms with Crippen LogP contribution in [0.4, 0.5) is 0 Å². The molecule has 0 aromatic heterocycles. The lowest BCUT2D eigenvalue weighted by Gasteiger charge is -2.31. The van der Waals surface area contributed by atoms with Crippen LogP contribution >= 0.6 is 0 Å². The Morgan fingerprint density at radius 1 is 1.06 bits per heavy atom. The van der Waals surface area contributed by atoms with Gasteiger partial charge in [-0.2, -0.15) is 0 Å². The normalized spacial score (nSPS) is 18.8. The van der Waals surface area contributed by atoms with Gasteiger partial charge in [-0.1, -0.05) is 0 Å². The molecule has 0 aliphatic carbocycles. The van der Waals surface area contributed by atoms with E-state index >= 15 is 0 Å². The van der Waals surface area contributed by atoms with Gasteiger partial charge in [0.15, 0.2) is 6.29 Å². The molecule has 1 N–H and O–H groups in total. The van der Waals surface area contributed by atoms with Gasteiger partial charge in [0.05, 0.1) is 6.61 Å². The highest BCUT2D eigenvalue weighted by molar-refractivity contribution is 5.57. The third-order valence-electron chi connectivity index (χ3n) is 2.31. The summed E-state index contributed by atoms with van der Waals surface area (Å²) in [6.45, 7) is 0.0909. The molecule has 6 nitrogen and oxygen atoms in total. The first-order valence-electron chi connectivity index (χ1n) is 4.86. The Hall–Kier alpha value is -0.530. The molecule has 4 atom stereocenters. The zero-order valence-corrected chi connectivity index (χ0v) is 10.1. The van der Waals surface area contributed by atoms with Crippen molar-refractivity contribution < 1.29 is 28.8 Å². The van der Waals surface area contributed by atoms with Gasteiger partial charge in [-0.25, -0.2) is 0 Å². The maximum Gasteiger partial charge on any atom is 0.151 e. The third kappa shape index (κ3) is 4.15. The molecule has 0 rings (SSSR count). The van der Waals surface area contributed by atoms with E-state index in [9.17, 15) is 9.90 Å². The van der Waals surface area contributed by atoms with Crippen molar-refractivity contribution in [2.75, 3.05) is 35.0 Å². The Bertz CT molecular complexity index is 186. The van der Waals surface area contributed by atoms with Gasteiger partial charge in [-0.3, -0.25) is 0 Å². The number of hydrogen-bond donors (Lipinski definition) is 1. The number of aldehydes is 1. The second-order valence-corrected chi connectivity index (χ2v) is 3.26. The van der Waals surface area contributed by atoms with E-state index in [1.807, 2.05) is 0 Å². The van der Waals surface area contributed by atoms with Gasteiger partial charge in [0.2, 0.25) is 0 Å². The molecule has 16 heavy (non-hydrogen) atoms. The zero-order valence-electron chi connectivity index (χ0n) is 10.1. The van der Waals surface area contributed by atoms with Gasteiger partial charge in [0, 0.05) is 28.4 Å². The van der Waals surface area contributed by atoms with Crippen LogP contribution in [0.1, 0.15) is 0 Å². The fraction of sp³-hybridized carbons (Fsp3) is 0.900. The number of methoxy groups -OCH3 is 4. The summed E-state index contributed by atoms with van der Waals surface area (Å²) in [5, 5.41) is 9.75. The van der Waals surface area contributed by atoms with Crippen LogP contribution in [-0.2, 0) is 23.7 Å². The zero-order chi connectivity index (χ0) is 12.6. The number of carbonyl (C=O) groups excluding carboxylic acids is 1. The minimum absolute atomic E-state index is 0.0909. The summed E-state index contributed by atoms with van der Waals surface area (Å²) in [7, 11) is 5.70. The number of carbonyl (C=O) groups is 1. The van der Waals surface area contributed by atoms with E-state index in [1.165, 1.54) is 28.4 Å². The molecule has 0 aromatic rings. The van der Waals surface area contributed by atoms with Crippen LogP contribution in [0.25, 0.3) is 0 Å². The molecule has 0 fully saturated rings. The van der Waals surface area contributed by atoms with Crippen LogP contribution in [0, 0.1) is 0 Å². The van der Waals surface area contributed by atoms with Crippen molar-refractivity contribution in [3.05, 3.63) is 0 Å². The second kappa shape index (κ2) is 8.60. The molecule has 0 aliphatic rings. The quantitative estimate of drug-likeness (QED) is 0.530. The Morgan fingerprint density at radius 3 is 1.94 bits per heavy atom. The van der Waals surface area contributed by atoms with Gasteiger partial charge in [0.1, 0.15) is 24.4 Å². The van der Waals surface area contributed by atoms with Crippen molar-refractivity contribution in [1.29, 1.82) is 0 Å². The van der Waals surface area contributed by atoms with Gasteiger partial charge < -0.3 is 28.8 Å². The van der Waals surface area contributed by atoms with E-state index in [1.54, 1.807) is 0 Å². The summed E-state index contributed by atoms with van der Waals surface area (Å²) < 4.78 is 20.0. The Balaban J connectivity index is 4.65. The Labute approximate surface area is 95.4 Å². The Kier molecular flexibility index (Phi) is 8.32. The molecule has 6 heteroatoms. The van der Waals surface area contributed by atoms with E-state index in [0.717, 1.165) is 0 Å². The van der Waals surface area contributed by atoms with Crippen LogP contribution in [0.3, 0.4) is 0 Å². The molecule has 4 unspecified atom stereocenters. The van der Waals surface area contributed by atoms with E-state index in [4.69, 9.17) is 18.9 Å². The van der Waals surface area contributed by atoms with Crippen LogP contribution in [0.5, 0.6) is 0 Å². The van der Waals surface area contributed by atoms with Crippen LogP contribution in [-0.4, -0.2) is 70.9 Å². The lowest BCUT2D eigenvalue weighted by Crippen LogP contribution is -2.49. The fourth-order valence-corrected chi connectivity index (χ4v) is 1.50. The molecule has 0 heterocycles. The Morgan fingerprint density at radius 2 is 1.62 bits per heavy atom. The molecule has 0 saturated heterocycles. The standard InChI is InChI=1S/C10H20O6/c1-13-6-7(12)9(15-3)10(16-4)8(5-11)14-2/h5,7-10,12H,6H2,1-4H3. The van der Waals surface area contributed by atoms with E-state index in [-0.39, 0.29) is 6.61 Å². The number of rotatable bonds is 9. The van der Waals surface area contributed by atoms with Crippen molar-refractivity contribution in [2.24, 2.45) is 0 Å². The lowest BCUT2D eigenvalue weighted by atomic mass is 10.0. The summed E-state index contributed by atoms with van der Waals surface area (Å²) in [6.07, 6.45) is -2.45. The molecular weight excluding hydrogens is 216 g/mol. The van der Waals surface area contributed by atoms with Crippen LogP contribution in [0.15, 0.2) is 0 Å². The van der Waals surface area contributed by atoms with Crippen LogP contribution < -0.4 is 0 Å². The maximum atomic E-state index is 10.8. The van der Waals surface area contributed by atoms with Gasteiger partial charge in [0.25, 0.3) is 0 Å². The topological polar surface area (TPSA) is 74.2 Å². The smallest absolute Gasteiger partial charge is 0.151 e. The highest BCUT2D eigenvalue weighted by Crippen LogP contribution is 2.13. The first kappa shape index (κ1) is 15.5. The molecule has 0 aliphatic heterocycles. The van der Waals surface area contributed by atoms with Gasteiger partial charge in [-0.15, -0.1) is 0 Å². The van der Waals surface area contributed by atoms with E-state index in [0.29, 0.717) is 6.29 Å². The van der Waals surface area contributed by atoms with Crippen molar-refractivity contribution in [3.63, 3.8) is 0 Å². The van der Waals surface area contributed by atoms with E-state index in [2.05, 4.69) is 0 Å². The van der Waals surface area contributed by atoms with Gasteiger partial charge >= 0.3 is 0 Å². The number of aliphatic hydroxyl groups excluding tert-OH is 1. The predicted molar refractivity (Wildman–Crippen MR) is 56.3 cm³/mol. The average molecular weight is 236 g/mol. The number of ether oxygens (including phenoxy) is 4. The van der Waals surface area contributed by atoms with Crippen molar-refractivity contribution in [2.45, 2.75) is 24.4 Å². The highest BCUT2D eigenvalue weighted by atomic mass is 16.6. The first-order valence-corrected chi connectivity index (χ1v) is 4.86. The van der Waals surface area contributed by atoms with Crippen molar-refractivity contribution in [3.8, 4) is 0 Å². The summed E-state index contributed by atoms with van der Waals surface area (Å²) in [5.41, 5.74) is 0. The minimum Gasteiger partial charge on any atom is -0.388 e.